The summed E-state index contributed by atoms with van der Waals surface area (Å²) in [5, 5.41) is 9.04. The van der Waals surface area contributed by atoms with E-state index in [9.17, 15) is 17.6 Å². The van der Waals surface area contributed by atoms with Crippen LogP contribution in [0.4, 0.5) is 4.39 Å². The van der Waals surface area contributed by atoms with Crippen LogP contribution in [0.3, 0.4) is 0 Å². The van der Waals surface area contributed by atoms with Gasteiger partial charge >= 0.3 is 5.97 Å². The monoisotopic (exact) mass is 319 g/mol. The van der Waals surface area contributed by atoms with Gasteiger partial charge in [0.2, 0.25) is 10.0 Å². The first-order chi connectivity index (χ1) is 9.32. The number of thioether (sulfide) groups is 1. The molecule has 20 heavy (non-hydrogen) atoms. The van der Waals surface area contributed by atoms with Gasteiger partial charge < -0.3 is 5.11 Å². The molecule has 1 aromatic rings. The Morgan fingerprint density at radius 2 is 2.20 bits per heavy atom. The number of hydrogen-bond acceptors (Lipinski definition) is 4. The van der Waals surface area contributed by atoms with Gasteiger partial charge in [-0.1, -0.05) is 6.92 Å². The van der Waals surface area contributed by atoms with Gasteiger partial charge in [0, 0.05) is 24.1 Å². The van der Waals surface area contributed by atoms with Crippen molar-refractivity contribution in [1.82, 2.24) is 4.31 Å². The molecule has 1 aliphatic rings. The minimum Gasteiger partial charge on any atom is -0.478 e. The quantitative estimate of drug-likeness (QED) is 0.917. The van der Waals surface area contributed by atoms with Crippen LogP contribution < -0.4 is 0 Å². The van der Waals surface area contributed by atoms with Crippen LogP contribution >= 0.6 is 11.8 Å². The van der Waals surface area contributed by atoms with Gasteiger partial charge in [0.05, 0.1) is 10.5 Å². The van der Waals surface area contributed by atoms with Crippen molar-refractivity contribution < 1.29 is 22.7 Å². The van der Waals surface area contributed by atoms with E-state index in [0.717, 1.165) is 18.2 Å². The van der Waals surface area contributed by atoms with Crippen molar-refractivity contribution in [3.05, 3.63) is 29.6 Å². The second kappa shape index (κ2) is 5.71. The smallest absolute Gasteiger partial charge is 0.338 e. The minimum atomic E-state index is -3.78. The molecule has 1 heterocycles. The van der Waals surface area contributed by atoms with Crippen molar-refractivity contribution in [2.75, 3.05) is 18.8 Å². The van der Waals surface area contributed by atoms with Gasteiger partial charge in [0.15, 0.2) is 0 Å². The molecule has 1 saturated heterocycles. The van der Waals surface area contributed by atoms with Crippen LogP contribution in [0.1, 0.15) is 17.3 Å². The lowest BCUT2D eigenvalue weighted by Crippen LogP contribution is -2.41. The fourth-order valence-corrected chi connectivity index (χ4v) is 4.76. The normalized spacial score (nSPS) is 20.8. The van der Waals surface area contributed by atoms with Crippen molar-refractivity contribution in [2.45, 2.75) is 17.1 Å². The van der Waals surface area contributed by atoms with Crippen LogP contribution in [0.15, 0.2) is 23.1 Å². The summed E-state index contributed by atoms with van der Waals surface area (Å²) in [5.74, 6) is -1.74. The van der Waals surface area contributed by atoms with Gasteiger partial charge in [0.1, 0.15) is 5.82 Å². The van der Waals surface area contributed by atoms with E-state index in [4.69, 9.17) is 5.11 Å². The Kier molecular flexibility index (Phi) is 4.36. The molecule has 1 aliphatic heterocycles. The first kappa shape index (κ1) is 15.3. The zero-order chi connectivity index (χ0) is 14.9. The molecule has 0 saturated carbocycles. The van der Waals surface area contributed by atoms with E-state index in [0.29, 0.717) is 18.8 Å². The summed E-state index contributed by atoms with van der Waals surface area (Å²) in [5.41, 5.74) is -0.634. The average molecular weight is 319 g/mol. The minimum absolute atomic E-state index is 0.179. The maximum atomic E-state index is 13.3. The Morgan fingerprint density at radius 3 is 2.80 bits per heavy atom. The van der Waals surface area contributed by atoms with Gasteiger partial charge in [-0.3, -0.25) is 0 Å². The number of hydrogen-bond donors (Lipinski definition) is 1. The van der Waals surface area contributed by atoms with E-state index in [1.165, 1.54) is 4.31 Å². The molecule has 1 aromatic carbocycles. The topological polar surface area (TPSA) is 74.7 Å². The summed E-state index contributed by atoms with van der Waals surface area (Å²) >= 11 is 1.68. The molecule has 1 N–H and O–H groups in total. The summed E-state index contributed by atoms with van der Waals surface area (Å²) in [6.45, 7) is 2.67. The van der Waals surface area contributed by atoms with Gasteiger partial charge in [0.25, 0.3) is 0 Å². The lowest BCUT2D eigenvalue weighted by Gasteiger charge is -2.29. The standard InChI is InChI=1S/C12H14FNO4S2/c1-8-7-14(4-5-19-8)20(17,18)9-2-3-11(13)10(6-9)12(15)16/h2-3,6,8H,4-5,7H2,1H3,(H,15,16). The molecule has 110 valence electrons. The molecule has 5 nitrogen and oxygen atoms in total. The third kappa shape index (κ3) is 2.97. The molecular weight excluding hydrogens is 305 g/mol. The lowest BCUT2D eigenvalue weighted by molar-refractivity contribution is 0.0691. The summed E-state index contributed by atoms with van der Waals surface area (Å²) in [6.07, 6.45) is 0. The summed E-state index contributed by atoms with van der Waals surface area (Å²) in [7, 11) is -3.78. The molecule has 0 bridgehead atoms. The molecule has 0 amide bonds. The van der Waals surface area contributed by atoms with E-state index in [-0.39, 0.29) is 10.1 Å². The van der Waals surface area contributed by atoms with Crippen LogP contribution in [-0.2, 0) is 10.0 Å². The zero-order valence-electron chi connectivity index (χ0n) is 10.7. The summed E-state index contributed by atoms with van der Waals surface area (Å²) in [6, 6.07) is 2.85. The molecule has 0 aromatic heterocycles. The maximum absolute atomic E-state index is 13.3. The number of aromatic carboxylic acids is 1. The van der Waals surface area contributed by atoms with E-state index in [1.807, 2.05) is 6.92 Å². The van der Waals surface area contributed by atoms with Crippen molar-refractivity contribution >= 4 is 27.8 Å². The number of benzene rings is 1. The Morgan fingerprint density at radius 1 is 1.50 bits per heavy atom. The number of sulfonamides is 1. The number of carboxylic acid groups (broad SMARTS) is 1. The highest BCUT2D eigenvalue weighted by molar-refractivity contribution is 8.00. The fourth-order valence-electron chi connectivity index (χ4n) is 1.98. The SMILES string of the molecule is CC1CN(S(=O)(=O)c2ccc(F)c(C(=O)O)c2)CCS1. The van der Waals surface area contributed by atoms with Gasteiger partial charge in [-0.05, 0) is 18.2 Å². The Labute approximate surface area is 120 Å². The second-order valence-corrected chi connectivity index (χ2v) is 7.98. The highest BCUT2D eigenvalue weighted by Crippen LogP contribution is 2.25. The van der Waals surface area contributed by atoms with E-state index in [2.05, 4.69) is 0 Å². The third-order valence-electron chi connectivity index (χ3n) is 3.01. The predicted octanol–water partition coefficient (Wildman–Crippen LogP) is 1.65. The molecule has 0 aliphatic carbocycles. The largest absolute Gasteiger partial charge is 0.478 e. The van der Waals surface area contributed by atoms with Gasteiger partial charge in [-0.15, -0.1) is 0 Å². The first-order valence-electron chi connectivity index (χ1n) is 5.97. The van der Waals surface area contributed by atoms with Crippen molar-refractivity contribution in [1.29, 1.82) is 0 Å². The Hall–Kier alpha value is -1.12. The predicted molar refractivity (Wildman–Crippen MR) is 74.0 cm³/mol. The number of nitrogens with zero attached hydrogens (tertiary/aromatic N) is 1. The molecule has 1 unspecified atom stereocenters. The van der Waals surface area contributed by atoms with E-state index in [1.54, 1.807) is 11.8 Å². The second-order valence-electron chi connectivity index (χ2n) is 4.49. The van der Waals surface area contributed by atoms with Crippen LogP contribution in [0.5, 0.6) is 0 Å². The molecule has 2 rings (SSSR count). The molecular formula is C12H14FNO4S2. The fraction of sp³-hybridized carbons (Fsp3) is 0.417. The van der Waals surface area contributed by atoms with Gasteiger partial charge in [-0.2, -0.15) is 16.1 Å². The number of carboxylic acids is 1. The van der Waals surface area contributed by atoms with E-state index >= 15 is 0 Å². The number of rotatable bonds is 3. The highest BCUT2D eigenvalue weighted by atomic mass is 32.2. The van der Waals surface area contributed by atoms with Crippen LogP contribution in [0.2, 0.25) is 0 Å². The summed E-state index contributed by atoms with van der Waals surface area (Å²) < 4.78 is 39.5. The van der Waals surface area contributed by atoms with Crippen LogP contribution in [0, 0.1) is 5.82 Å². The van der Waals surface area contributed by atoms with Crippen LogP contribution in [0.25, 0.3) is 0 Å². The van der Waals surface area contributed by atoms with Crippen molar-refractivity contribution in [3.63, 3.8) is 0 Å². The average Bonchev–Trinajstić information content (AvgIpc) is 2.38. The van der Waals surface area contributed by atoms with E-state index < -0.39 is 27.4 Å². The Bertz CT molecular complexity index is 632. The van der Waals surface area contributed by atoms with Crippen LogP contribution in [-0.4, -0.2) is 47.9 Å². The number of halogens is 1. The Balaban J connectivity index is 2.39. The van der Waals surface area contributed by atoms with Crippen molar-refractivity contribution in [2.24, 2.45) is 0 Å². The highest BCUT2D eigenvalue weighted by Gasteiger charge is 2.30. The molecule has 0 spiro atoms. The molecule has 1 fully saturated rings. The zero-order valence-corrected chi connectivity index (χ0v) is 12.4. The van der Waals surface area contributed by atoms with Crippen molar-refractivity contribution in [3.8, 4) is 0 Å². The molecule has 8 heteroatoms. The number of carbonyl (C=O) groups is 1. The maximum Gasteiger partial charge on any atom is 0.338 e. The lowest BCUT2D eigenvalue weighted by atomic mass is 10.2. The third-order valence-corrected chi connectivity index (χ3v) is 6.01. The molecule has 1 atom stereocenters. The summed E-state index contributed by atoms with van der Waals surface area (Å²) in [4.78, 5) is 10.7. The molecule has 0 radical (unpaired) electrons. The van der Waals surface area contributed by atoms with Gasteiger partial charge in [-0.25, -0.2) is 17.6 Å². The first-order valence-corrected chi connectivity index (χ1v) is 8.46.